The number of aromatic amines is 1. The van der Waals surface area contributed by atoms with E-state index in [1.165, 1.54) is 0 Å². The molecule has 0 saturated carbocycles. The molecule has 1 aromatic heterocycles. The number of H-pyrrole nitrogens is 1. The van der Waals surface area contributed by atoms with Crippen LogP contribution in [0.3, 0.4) is 0 Å². The maximum absolute atomic E-state index is 13.3. The van der Waals surface area contributed by atoms with Crippen LogP contribution >= 0.6 is 0 Å². The van der Waals surface area contributed by atoms with Crippen molar-refractivity contribution >= 4 is 16.8 Å². The fourth-order valence-corrected chi connectivity index (χ4v) is 5.13. The summed E-state index contributed by atoms with van der Waals surface area (Å²) in [4.78, 5) is 20.9. The van der Waals surface area contributed by atoms with E-state index in [1.54, 1.807) is 0 Å². The van der Waals surface area contributed by atoms with Crippen molar-refractivity contribution in [3.05, 3.63) is 36.0 Å². The van der Waals surface area contributed by atoms with E-state index in [1.807, 2.05) is 35.4 Å². The number of rotatable bonds is 2. The number of hydrogen-bond donors (Lipinski definition) is 2. The molecule has 2 aromatic rings. The van der Waals surface area contributed by atoms with Gasteiger partial charge in [0.1, 0.15) is 0 Å². The maximum Gasteiger partial charge on any atom is 0.256 e. The number of amides is 1. The Kier molecular flexibility index (Phi) is 3.93. The first kappa shape index (κ1) is 17.6. The van der Waals surface area contributed by atoms with Crippen LogP contribution in [0.25, 0.3) is 10.9 Å². The first-order chi connectivity index (χ1) is 12.2. The molecule has 140 valence electrons. The number of aliphatic hydroxyl groups excluding tert-OH is 1. The van der Waals surface area contributed by atoms with Gasteiger partial charge in [-0.1, -0.05) is 32.0 Å². The van der Waals surface area contributed by atoms with Gasteiger partial charge in [-0.05, 0) is 19.9 Å². The molecular formula is C21H29N3O2. The van der Waals surface area contributed by atoms with Gasteiger partial charge in [-0.2, -0.15) is 0 Å². The van der Waals surface area contributed by atoms with E-state index in [0.717, 1.165) is 29.6 Å². The van der Waals surface area contributed by atoms with Crippen LogP contribution in [-0.2, 0) is 0 Å². The first-order valence-corrected chi connectivity index (χ1v) is 9.51. The summed E-state index contributed by atoms with van der Waals surface area (Å²) in [5.74, 6) is 0.0600. The molecule has 5 heteroatoms. The van der Waals surface area contributed by atoms with Crippen molar-refractivity contribution in [1.29, 1.82) is 0 Å². The first-order valence-electron chi connectivity index (χ1n) is 9.51. The van der Waals surface area contributed by atoms with Crippen LogP contribution in [0.4, 0.5) is 0 Å². The van der Waals surface area contributed by atoms with Crippen molar-refractivity contribution in [3.63, 3.8) is 0 Å². The molecule has 0 aliphatic carbocycles. The lowest BCUT2D eigenvalue weighted by atomic mass is 9.62. The Labute approximate surface area is 155 Å². The molecule has 3 heterocycles. The zero-order valence-electron chi connectivity index (χ0n) is 16.1. The van der Waals surface area contributed by atoms with Crippen LogP contribution in [-0.4, -0.2) is 64.1 Å². The SMILES string of the molecule is CC(C)N1CC2(C)CN(C(=O)c3c[nH]c4ccccc34)CC(C)(C1)C2O. The van der Waals surface area contributed by atoms with Gasteiger partial charge in [-0.3, -0.25) is 9.69 Å². The predicted molar refractivity (Wildman–Crippen MR) is 103 cm³/mol. The number of aromatic nitrogens is 1. The molecule has 26 heavy (non-hydrogen) atoms. The highest BCUT2D eigenvalue weighted by Crippen LogP contribution is 2.46. The standard InChI is InChI=1S/C21H29N3O2/c1-14(2)23-10-20(3)12-24(13-21(4,11-23)19(20)26)18(25)16-9-22-17-8-6-5-7-15(16)17/h5-9,14,19,22,26H,10-13H2,1-4H3. The molecule has 2 N–H and O–H groups in total. The summed E-state index contributed by atoms with van der Waals surface area (Å²) >= 11 is 0. The lowest BCUT2D eigenvalue weighted by molar-refractivity contribution is -0.170. The number of fused-ring (bicyclic) bond motifs is 3. The van der Waals surface area contributed by atoms with Crippen molar-refractivity contribution in [3.8, 4) is 0 Å². The number of para-hydroxylation sites is 1. The van der Waals surface area contributed by atoms with E-state index in [2.05, 4.69) is 37.6 Å². The zero-order valence-corrected chi connectivity index (χ0v) is 16.1. The largest absolute Gasteiger partial charge is 0.392 e. The Morgan fingerprint density at radius 3 is 2.38 bits per heavy atom. The van der Waals surface area contributed by atoms with Crippen LogP contribution in [0.1, 0.15) is 38.1 Å². The van der Waals surface area contributed by atoms with Crippen molar-refractivity contribution in [2.75, 3.05) is 26.2 Å². The summed E-state index contributed by atoms with van der Waals surface area (Å²) in [5, 5.41) is 12.0. The Bertz CT molecular complexity index is 823. The van der Waals surface area contributed by atoms with Crippen LogP contribution < -0.4 is 0 Å². The average molecular weight is 355 g/mol. The number of hydrogen-bond acceptors (Lipinski definition) is 3. The number of aliphatic hydroxyl groups is 1. The van der Waals surface area contributed by atoms with Gasteiger partial charge in [0.05, 0.1) is 11.7 Å². The zero-order chi connectivity index (χ0) is 18.7. The van der Waals surface area contributed by atoms with Crippen molar-refractivity contribution in [2.45, 2.75) is 39.8 Å². The van der Waals surface area contributed by atoms with Gasteiger partial charge in [-0.25, -0.2) is 0 Å². The minimum absolute atomic E-state index is 0.0600. The minimum atomic E-state index is -0.392. The third-order valence-corrected chi connectivity index (χ3v) is 6.39. The molecule has 0 spiro atoms. The van der Waals surface area contributed by atoms with Crippen LogP contribution in [0.5, 0.6) is 0 Å². The number of likely N-dealkylation sites (tertiary alicyclic amines) is 2. The molecule has 2 unspecified atom stereocenters. The third-order valence-electron chi connectivity index (χ3n) is 6.39. The lowest BCUT2D eigenvalue weighted by Crippen LogP contribution is -2.71. The molecule has 2 bridgehead atoms. The number of nitrogens with one attached hydrogen (secondary N) is 1. The van der Waals surface area contributed by atoms with E-state index >= 15 is 0 Å². The third kappa shape index (κ3) is 2.57. The van der Waals surface area contributed by atoms with E-state index in [-0.39, 0.29) is 16.7 Å². The molecule has 1 aromatic carbocycles. The Balaban J connectivity index is 1.67. The number of nitrogens with zero attached hydrogens (tertiary/aromatic N) is 2. The van der Waals surface area contributed by atoms with Gasteiger partial charge in [0, 0.05) is 60.2 Å². The van der Waals surface area contributed by atoms with Gasteiger partial charge in [-0.15, -0.1) is 0 Å². The van der Waals surface area contributed by atoms with Crippen molar-refractivity contribution < 1.29 is 9.90 Å². The summed E-state index contributed by atoms with van der Waals surface area (Å²) in [6.45, 7) is 11.5. The number of benzene rings is 1. The summed E-state index contributed by atoms with van der Waals surface area (Å²) in [6, 6.07) is 8.35. The molecule has 1 amide bonds. The smallest absolute Gasteiger partial charge is 0.256 e. The molecule has 2 atom stereocenters. The molecule has 2 saturated heterocycles. The van der Waals surface area contributed by atoms with Crippen molar-refractivity contribution in [1.82, 2.24) is 14.8 Å². The fraction of sp³-hybridized carbons (Fsp3) is 0.571. The van der Waals surface area contributed by atoms with E-state index in [0.29, 0.717) is 19.1 Å². The summed E-state index contributed by atoms with van der Waals surface area (Å²) in [5.41, 5.74) is 1.09. The van der Waals surface area contributed by atoms with E-state index in [4.69, 9.17) is 0 Å². The van der Waals surface area contributed by atoms with Gasteiger partial charge in [0.15, 0.2) is 0 Å². The Morgan fingerprint density at radius 1 is 1.15 bits per heavy atom. The second-order valence-electron chi connectivity index (χ2n) is 9.12. The van der Waals surface area contributed by atoms with Crippen LogP contribution in [0, 0.1) is 10.8 Å². The van der Waals surface area contributed by atoms with E-state index in [9.17, 15) is 9.90 Å². The highest BCUT2D eigenvalue weighted by atomic mass is 16.3. The van der Waals surface area contributed by atoms with Gasteiger partial charge in [0.2, 0.25) is 0 Å². The molecule has 2 aliphatic rings. The molecule has 0 radical (unpaired) electrons. The molecule has 5 nitrogen and oxygen atoms in total. The highest BCUT2D eigenvalue weighted by Gasteiger charge is 2.56. The van der Waals surface area contributed by atoms with Crippen molar-refractivity contribution in [2.24, 2.45) is 10.8 Å². The van der Waals surface area contributed by atoms with Crippen LogP contribution in [0.15, 0.2) is 30.5 Å². The second-order valence-corrected chi connectivity index (χ2v) is 9.12. The maximum atomic E-state index is 13.3. The summed E-state index contributed by atoms with van der Waals surface area (Å²) < 4.78 is 0. The molecule has 2 aliphatic heterocycles. The topological polar surface area (TPSA) is 59.6 Å². The van der Waals surface area contributed by atoms with E-state index < -0.39 is 6.10 Å². The van der Waals surface area contributed by atoms with Gasteiger partial charge < -0.3 is 15.0 Å². The molecule has 4 rings (SSSR count). The van der Waals surface area contributed by atoms with Crippen LogP contribution in [0.2, 0.25) is 0 Å². The second kappa shape index (κ2) is 5.83. The highest BCUT2D eigenvalue weighted by molar-refractivity contribution is 6.06. The number of carbonyl (C=O) groups is 1. The average Bonchev–Trinajstić information content (AvgIpc) is 3.00. The fourth-order valence-electron chi connectivity index (χ4n) is 5.13. The molecule has 2 fully saturated rings. The molecular weight excluding hydrogens is 326 g/mol. The normalized spacial score (nSPS) is 32.4. The number of carbonyl (C=O) groups excluding carboxylic acids is 1. The predicted octanol–water partition coefficient (Wildman–Crippen LogP) is 2.72. The number of piperidine rings is 2. The monoisotopic (exact) mass is 355 g/mol. The summed E-state index contributed by atoms with van der Waals surface area (Å²) in [6.07, 6.45) is 1.43. The summed E-state index contributed by atoms with van der Waals surface area (Å²) in [7, 11) is 0. The Hall–Kier alpha value is -1.85. The quantitative estimate of drug-likeness (QED) is 0.871. The minimum Gasteiger partial charge on any atom is -0.392 e. The lowest BCUT2D eigenvalue weighted by Gasteiger charge is -2.60. The Morgan fingerprint density at radius 2 is 1.77 bits per heavy atom. The van der Waals surface area contributed by atoms with Gasteiger partial charge >= 0.3 is 0 Å². The van der Waals surface area contributed by atoms with Gasteiger partial charge in [0.25, 0.3) is 5.91 Å².